The van der Waals surface area contributed by atoms with Crippen LogP contribution in [0, 0.1) is 6.92 Å². The van der Waals surface area contributed by atoms with Gasteiger partial charge in [-0.15, -0.1) is 0 Å². The fraction of sp³-hybridized carbons (Fsp3) is 0.259. The van der Waals surface area contributed by atoms with E-state index in [0.29, 0.717) is 45.5 Å². The van der Waals surface area contributed by atoms with Crippen molar-refractivity contribution in [2.75, 3.05) is 5.32 Å². The molecule has 0 unspecified atom stereocenters. The van der Waals surface area contributed by atoms with Crippen molar-refractivity contribution in [1.29, 1.82) is 0 Å². The van der Waals surface area contributed by atoms with Crippen LogP contribution in [0.5, 0.6) is 5.75 Å². The largest absolute Gasteiger partial charge is 0.486 e. The van der Waals surface area contributed by atoms with Gasteiger partial charge in [-0.25, -0.2) is 4.98 Å². The molecule has 0 aliphatic carbocycles. The third-order valence-electron chi connectivity index (χ3n) is 6.17. The minimum Gasteiger partial charge on any atom is -0.486 e. The fourth-order valence-corrected chi connectivity index (χ4v) is 4.67. The van der Waals surface area contributed by atoms with E-state index in [1.807, 2.05) is 39.0 Å². The summed E-state index contributed by atoms with van der Waals surface area (Å²) in [4.78, 5) is 21.1. The first-order valence-electron chi connectivity index (χ1n) is 11.6. The van der Waals surface area contributed by atoms with E-state index in [-0.39, 0.29) is 6.54 Å². The van der Waals surface area contributed by atoms with Crippen molar-refractivity contribution < 1.29 is 22.7 Å². The molecule has 0 bridgehead atoms. The number of carbonyl (C=O) groups excluding carboxylic acids is 1. The molecule has 1 amide bonds. The third kappa shape index (κ3) is 5.09. The molecular weight excluding hydrogens is 505 g/mol. The molecule has 2 heterocycles. The Labute approximate surface area is 216 Å². The number of imidazole rings is 1. The highest BCUT2D eigenvalue weighted by atomic mass is 35.5. The predicted molar refractivity (Wildman–Crippen MR) is 137 cm³/mol. The molecule has 1 aliphatic heterocycles. The number of ether oxygens (including phenoxy) is 1. The number of halogens is 4. The first kappa shape index (κ1) is 25.0. The van der Waals surface area contributed by atoms with Gasteiger partial charge in [0, 0.05) is 18.5 Å². The monoisotopic (exact) mass is 528 g/mol. The van der Waals surface area contributed by atoms with E-state index < -0.39 is 23.2 Å². The van der Waals surface area contributed by atoms with Crippen LogP contribution in [0.4, 0.5) is 24.8 Å². The molecule has 10 heteroatoms. The van der Waals surface area contributed by atoms with Gasteiger partial charge in [0.05, 0.1) is 32.9 Å². The van der Waals surface area contributed by atoms with Crippen LogP contribution in [0.3, 0.4) is 0 Å². The molecule has 192 valence electrons. The molecule has 5 rings (SSSR count). The highest BCUT2D eigenvalue weighted by molar-refractivity contribution is 6.33. The summed E-state index contributed by atoms with van der Waals surface area (Å²) in [5.74, 6) is 0.524. The SMILES string of the molecule is Cc1ccc(Nc2nc3cc(C(=O)NCc4ccc(C(F)(F)F)cc4)c4c(c3[nH]2)CC(C)(C)O4)c(Cl)c1. The molecule has 0 saturated heterocycles. The summed E-state index contributed by atoms with van der Waals surface area (Å²) < 4.78 is 44.6. The van der Waals surface area contributed by atoms with Gasteiger partial charge in [0.2, 0.25) is 5.95 Å². The van der Waals surface area contributed by atoms with E-state index in [4.69, 9.17) is 16.3 Å². The van der Waals surface area contributed by atoms with Crippen molar-refractivity contribution in [2.24, 2.45) is 0 Å². The maximum absolute atomic E-state index is 13.2. The number of rotatable bonds is 5. The number of anilines is 2. The lowest BCUT2D eigenvalue weighted by Crippen LogP contribution is -2.26. The number of aromatic nitrogens is 2. The van der Waals surface area contributed by atoms with Crippen molar-refractivity contribution in [3.8, 4) is 5.75 Å². The predicted octanol–water partition coefficient (Wildman–Crippen LogP) is 6.93. The second-order valence-corrected chi connectivity index (χ2v) is 10.1. The van der Waals surface area contributed by atoms with Gasteiger partial charge in [-0.1, -0.05) is 29.8 Å². The number of carbonyl (C=O) groups is 1. The van der Waals surface area contributed by atoms with Crippen LogP contribution in [0.25, 0.3) is 11.0 Å². The van der Waals surface area contributed by atoms with E-state index in [1.165, 1.54) is 12.1 Å². The molecule has 37 heavy (non-hydrogen) atoms. The number of hydrogen-bond acceptors (Lipinski definition) is 4. The Morgan fingerprint density at radius 2 is 1.89 bits per heavy atom. The molecule has 4 aromatic rings. The number of H-pyrrole nitrogens is 1. The van der Waals surface area contributed by atoms with Gasteiger partial charge in [0.1, 0.15) is 11.4 Å². The van der Waals surface area contributed by atoms with Crippen LogP contribution in [0.2, 0.25) is 5.02 Å². The van der Waals surface area contributed by atoms with Crippen molar-refractivity contribution in [2.45, 2.75) is 45.5 Å². The lowest BCUT2D eigenvalue weighted by Gasteiger charge is -2.18. The van der Waals surface area contributed by atoms with Crippen LogP contribution < -0.4 is 15.4 Å². The van der Waals surface area contributed by atoms with Gasteiger partial charge in [-0.05, 0) is 62.2 Å². The average Bonchev–Trinajstić information content (AvgIpc) is 3.37. The molecule has 1 aromatic heterocycles. The lowest BCUT2D eigenvalue weighted by atomic mass is 9.98. The Bertz CT molecular complexity index is 1510. The van der Waals surface area contributed by atoms with Crippen molar-refractivity contribution >= 4 is 40.2 Å². The minimum absolute atomic E-state index is 0.0620. The van der Waals surface area contributed by atoms with E-state index in [9.17, 15) is 18.0 Å². The molecule has 0 saturated carbocycles. The third-order valence-corrected chi connectivity index (χ3v) is 6.48. The molecule has 3 aromatic carbocycles. The Kier molecular flexibility index (Phi) is 6.06. The van der Waals surface area contributed by atoms with E-state index >= 15 is 0 Å². The van der Waals surface area contributed by atoms with Gasteiger partial charge in [-0.2, -0.15) is 13.2 Å². The fourth-order valence-electron chi connectivity index (χ4n) is 4.39. The number of hydrogen-bond donors (Lipinski definition) is 3. The van der Waals surface area contributed by atoms with Crippen molar-refractivity contribution in [3.63, 3.8) is 0 Å². The van der Waals surface area contributed by atoms with Crippen LogP contribution in [-0.2, 0) is 19.1 Å². The van der Waals surface area contributed by atoms with Gasteiger partial charge >= 0.3 is 6.18 Å². The van der Waals surface area contributed by atoms with Crippen molar-refractivity contribution in [1.82, 2.24) is 15.3 Å². The van der Waals surface area contributed by atoms with E-state index in [2.05, 4.69) is 20.6 Å². The summed E-state index contributed by atoms with van der Waals surface area (Å²) in [5, 5.41) is 6.53. The van der Waals surface area contributed by atoms with Crippen LogP contribution in [-0.4, -0.2) is 21.5 Å². The van der Waals surface area contributed by atoms with Crippen LogP contribution in [0.1, 0.15) is 46.5 Å². The first-order chi connectivity index (χ1) is 17.4. The number of nitrogens with one attached hydrogen (secondary N) is 3. The zero-order chi connectivity index (χ0) is 26.5. The Morgan fingerprint density at radius 3 is 2.57 bits per heavy atom. The maximum atomic E-state index is 13.2. The van der Waals surface area contributed by atoms with Gasteiger partial charge in [-0.3, -0.25) is 4.79 Å². The quantitative estimate of drug-likeness (QED) is 0.262. The highest BCUT2D eigenvalue weighted by Crippen LogP contribution is 2.42. The standard InChI is InChI=1S/C27H24ClF3N4O2/c1-14-4-9-20(19(28)10-14)33-25-34-21-11-17(23-18(22(21)35-25)12-26(2,3)37-23)24(36)32-13-15-5-7-16(8-6-15)27(29,30)31/h4-11H,12-13H2,1-3H3,(H,32,36)(H2,33,34,35). The highest BCUT2D eigenvalue weighted by Gasteiger charge is 2.36. The molecule has 0 fully saturated rings. The Morgan fingerprint density at radius 1 is 1.16 bits per heavy atom. The Hall–Kier alpha value is -3.72. The molecular formula is C27H24ClF3N4O2. The number of benzene rings is 3. The number of aryl methyl sites for hydroxylation is 1. The smallest absolute Gasteiger partial charge is 0.416 e. The zero-order valence-electron chi connectivity index (χ0n) is 20.3. The summed E-state index contributed by atoms with van der Waals surface area (Å²) in [6, 6.07) is 12.0. The first-order valence-corrected chi connectivity index (χ1v) is 12.0. The molecule has 3 N–H and O–H groups in total. The zero-order valence-corrected chi connectivity index (χ0v) is 21.1. The number of fused-ring (bicyclic) bond motifs is 3. The molecule has 0 spiro atoms. The lowest BCUT2D eigenvalue weighted by molar-refractivity contribution is -0.137. The number of aromatic amines is 1. The number of amides is 1. The summed E-state index contributed by atoms with van der Waals surface area (Å²) >= 11 is 6.36. The van der Waals surface area contributed by atoms with Gasteiger partial charge < -0.3 is 20.4 Å². The normalized spacial score (nSPS) is 14.4. The van der Waals surface area contributed by atoms with Gasteiger partial charge in [0.15, 0.2) is 0 Å². The second kappa shape index (κ2) is 8.99. The number of nitrogens with zero attached hydrogens (tertiary/aromatic N) is 1. The summed E-state index contributed by atoms with van der Waals surface area (Å²) in [6.07, 6.45) is -3.85. The summed E-state index contributed by atoms with van der Waals surface area (Å²) in [7, 11) is 0. The molecule has 0 radical (unpaired) electrons. The van der Waals surface area contributed by atoms with E-state index in [0.717, 1.165) is 28.8 Å². The summed E-state index contributed by atoms with van der Waals surface area (Å²) in [5.41, 5.74) is 3.47. The van der Waals surface area contributed by atoms with Gasteiger partial charge in [0.25, 0.3) is 5.91 Å². The van der Waals surface area contributed by atoms with E-state index in [1.54, 1.807) is 6.07 Å². The van der Waals surface area contributed by atoms with Crippen LogP contribution >= 0.6 is 11.6 Å². The summed E-state index contributed by atoms with van der Waals surface area (Å²) in [6.45, 7) is 5.88. The number of alkyl halides is 3. The minimum atomic E-state index is -4.41. The second-order valence-electron chi connectivity index (χ2n) is 9.74. The average molecular weight is 529 g/mol. The van der Waals surface area contributed by atoms with Crippen LogP contribution in [0.15, 0.2) is 48.5 Å². The van der Waals surface area contributed by atoms with Crippen molar-refractivity contribution in [3.05, 3.63) is 81.4 Å². The maximum Gasteiger partial charge on any atom is 0.416 e. The molecule has 6 nitrogen and oxygen atoms in total. The molecule has 1 aliphatic rings. The molecule has 0 atom stereocenters. The Balaban J connectivity index is 1.43. The topological polar surface area (TPSA) is 79.0 Å².